The summed E-state index contributed by atoms with van der Waals surface area (Å²) in [6, 6.07) is 0.754. The van der Waals surface area contributed by atoms with Crippen LogP contribution in [-0.4, -0.2) is 99.6 Å². The molecule has 4 nitrogen and oxygen atoms in total. The first-order valence-electron chi connectivity index (χ1n) is 15.3. The van der Waals surface area contributed by atoms with E-state index in [1.165, 1.54) is 155 Å². The summed E-state index contributed by atoms with van der Waals surface area (Å²) >= 11 is 0. The highest BCUT2D eigenvalue weighted by Crippen LogP contribution is 2.16. The number of hydrogen-bond acceptors (Lipinski definition) is 4. The van der Waals surface area contributed by atoms with E-state index in [1.54, 1.807) is 0 Å². The molecule has 1 unspecified atom stereocenters. The Hall–Kier alpha value is -0.160. The molecule has 1 aliphatic rings. The van der Waals surface area contributed by atoms with Crippen molar-refractivity contribution in [3.63, 3.8) is 0 Å². The van der Waals surface area contributed by atoms with Crippen LogP contribution < -0.4 is 0 Å². The average molecular weight is 481 g/mol. The molecule has 4 heteroatoms. The van der Waals surface area contributed by atoms with Crippen molar-refractivity contribution in [3.8, 4) is 0 Å². The predicted octanol–water partition coefficient (Wildman–Crippen LogP) is 6.75. The molecule has 1 saturated heterocycles. The summed E-state index contributed by atoms with van der Waals surface area (Å²) in [7, 11) is 9.35. The lowest BCUT2D eigenvalue weighted by Crippen LogP contribution is -2.37. The second-order valence-electron chi connectivity index (χ2n) is 11.6. The molecule has 0 bridgehead atoms. The lowest BCUT2D eigenvalue weighted by molar-refractivity contribution is 0.181. The van der Waals surface area contributed by atoms with Crippen LogP contribution in [0.1, 0.15) is 116 Å². The van der Waals surface area contributed by atoms with Crippen LogP contribution in [0.5, 0.6) is 0 Å². The fourth-order valence-electron chi connectivity index (χ4n) is 5.48. The van der Waals surface area contributed by atoms with E-state index in [2.05, 4.69) is 54.7 Å². The fraction of sp³-hybridized carbons (Fsp3) is 1.00. The smallest absolute Gasteiger partial charge is 0.0104 e. The highest BCUT2D eigenvalue weighted by atomic mass is 15.2. The topological polar surface area (TPSA) is 13.0 Å². The van der Waals surface area contributed by atoms with Gasteiger partial charge in [0.1, 0.15) is 0 Å². The first-order chi connectivity index (χ1) is 16.5. The lowest BCUT2D eigenvalue weighted by Gasteiger charge is -2.30. The van der Waals surface area contributed by atoms with E-state index in [0.29, 0.717) is 0 Å². The zero-order chi connectivity index (χ0) is 24.9. The summed E-state index contributed by atoms with van der Waals surface area (Å²) in [5, 5.41) is 0. The largest absolute Gasteiger partial charge is 0.306 e. The van der Waals surface area contributed by atoms with Crippen molar-refractivity contribution in [2.24, 2.45) is 0 Å². The monoisotopic (exact) mass is 481 g/mol. The molecule has 0 spiro atoms. The summed E-state index contributed by atoms with van der Waals surface area (Å²) < 4.78 is 0. The van der Waals surface area contributed by atoms with E-state index >= 15 is 0 Å². The molecule has 1 atom stereocenters. The molecule has 0 amide bonds. The highest BCUT2D eigenvalue weighted by Gasteiger charge is 2.16. The second kappa shape index (κ2) is 22.1. The molecule has 34 heavy (non-hydrogen) atoms. The van der Waals surface area contributed by atoms with Crippen molar-refractivity contribution in [1.29, 1.82) is 0 Å². The van der Waals surface area contributed by atoms with Gasteiger partial charge in [0.25, 0.3) is 0 Å². The van der Waals surface area contributed by atoms with Crippen LogP contribution in [0.4, 0.5) is 0 Å². The Morgan fingerprint density at radius 1 is 0.471 bits per heavy atom. The molecule has 1 rings (SSSR count). The van der Waals surface area contributed by atoms with E-state index in [1.807, 2.05) is 0 Å². The van der Waals surface area contributed by atoms with Crippen molar-refractivity contribution in [2.45, 2.75) is 122 Å². The minimum Gasteiger partial charge on any atom is -0.306 e. The molecular weight excluding hydrogens is 416 g/mol. The Labute approximate surface area is 215 Å². The van der Waals surface area contributed by atoms with Crippen LogP contribution in [-0.2, 0) is 0 Å². The Morgan fingerprint density at radius 3 is 1.41 bits per heavy atom. The molecule has 1 aliphatic heterocycles. The quantitative estimate of drug-likeness (QED) is 0.286. The van der Waals surface area contributed by atoms with E-state index in [-0.39, 0.29) is 0 Å². The van der Waals surface area contributed by atoms with Gasteiger partial charge >= 0.3 is 0 Å². The predicted molar refractivity (Wildman–Crippen MR) is 153 cm³/mol. The fourth-order valence-corrected chi connectivity index (χ4v) is 5.48. The summed E-state index contributed by atoms with van der Waals surface area (Å²) in [4.78, 5) is 10.4. The van der Waals surface area contributed by atoms with E-state index in [0.717, 1.165) is 6.04 Å². The Bertz CT molecular complexity index is 430. The molecule has 0 aromatic carbocycles. The van der Waals surface area contributed by atoms with Gasteiger partial charge in [-0.2, -0.15) is 0 Å². The third-order valence-electron chi connectivity index (χ3n) is 8.07. The van der Waals surface area contributed by atoms with E-state index < -0.39 is 0 Å². The maximum absolute atomic E-state index is 2.70. The number of unbranched alkanes of at least 4 members (excludes halogenated alkanes) is 10. The van der Waals surface area contributed by atoms with Crippen molar-refractivity contribution in [1.82, 2.24) is 19.6 Å². The van der Waals surface area contributed by atoms with Crippen LogP contribution in [0.2, 0.25) is 0 Å². The standard InChI is InChI=1S/C30H64N4/c1-6-7-8-9-10-11-12-13-14-15-16-21-30-22-29-33(4)26-19-25-31(2)23-17-18-24-32(3)27-20-28-34(30)5/h30H,6-29H2,1-5H3. The molecule has 0 N–H and O–H groups in total. The third kappa shape index (κ3) is 18.2. The molecule has 0 aromatic rings. The summed E-state index contributed by atoms with van der Waals surface area (Å²) in [5.74, 6) is 0. The van der Waals surface area contributed by atoms with E-state index in [4.69, 9.17) is 0 Å². The molecule has 0 saturated carbocycles. The van der Waals surface area contributed by atoms with Crippen LogP contribution in [0.15, 0.2) is 0 Å². The zero-order valence-corrected chi connectivity index (χ0v) is 24.3. The lowest BCUT2D eigenvalue weighted by atomic mass is 10.0. The molecule has 0 aromatic heterocycles. The van der Waals surface area contributed by atoms with Gasteiger partial charge in [0, 0.05) is 6.04 Å². The number of hydrogen-bond donors (Lipinski definition) is 0. The Balaban J connectivity index is 2.34. The van der Waals surface area contributed by atoms with Gasteiger partial charge in [-0.05, 0) is 113 Å². The number of nitrogens with zero attached hydrogens (tertiary/aromatic N) is 4. The molecule has 1 heterocycles. The first-order valence-corrected chi connectivity index (χ1v) is 15.3. The third-order valence-corrected chi connectivity index (χ3v) is 8.07. The van der Waals surface area contributed by atoms with Gasteiger partial charge in [0.05, 0.1) is 0 Å². The minimum atomic E-state index is 0.754. The van der Waals surface area contributed by atoms with Crippen molar-refractivity contribution >= 4 is 0 Å². The molecule has 0 radical (unpaired) electrons. The molecule has 204 valence electrons. The van der Waals surface area contributed by atoms with Gasteiger partial charge in [-0.25, -0.2) is 0 Å². The van der Waals surface area contributed by atoms with Crippen LogP contribution in [0.25, 0.3) is 0 Å². The maximum Gasteiger partial charge on any atom is 0.0104 e. The maximum atomic E-state index is 2.70. The normalized spacial score (nSPS) is 22.7. The van der Waals surface area contributed by atoms with Crippen LogP contribution in [0.3, 0.4) is 0 Å². The van der Waals surface area contributed by atoms with Gasteiger partial charge in [0.2, 0.25) is 0 Å². The van der Waals surface area contributed by atoms with Gasteiger partial charge in [-0.3, -0.25) is 0 Å². The molecular formula is C30H64N4. The van der Waals surface area contributed by atoms with Gasteiger partial charge in [0.15, 0.2) is 0 Å². The minimum absolute atomic E-state index is 0.754. The number of rotatable bonds is 12. The SMILES string of the molecule is CCCCCCCCCCCCCC1CCN(C)CCCN(C)CCCCN(C)CCCN1C. The summed E-state index contributed by atoms with van der Waals surface area (Å²) in [5.41, 5.74) is 0. The molecule has 1 fully saturated rings. The average Bonchev–Trinajstić information content (AvgIpc) is 2.81. The van der Waals surface area contributed by atoms with Crippen LogP contribution in [0, 0.1) is 0 Å². The summed E-state index contributed by atoms with van der Waals surface area (Å²) in [6.07, 6.45) is 23.8. The van der Waals surface area contributed by atoms with Crippen molar-refractivity contribution in [2.75, 3.05) is 74.0 Å². The first kappa shape index (κ1) is 31.9. The van der Waals surface area contributed by atoms with Gasteiger partial charge in [-0.15, -0.1) is 0 Å². The van der Waals surface area contributed by atoms with E-state index in [9.17, 15) is 0 Å². The molecule has 0 aliphatic carbocycles. The Morgan fingerprint density at radius 2 is 0.882 bits per heavy atom. The van der Waals surface area contributed by atoms with Gasteiger partial charge < -0.3 is 19.6 Å². The van der Waals surface area contributed by atoms with Crippen molar-refractivity contribution < 1.29 is 0 Å². The zero-order valence-electron chi connectivity index (χ0n) is 24.3. The summed E-state index contributed by atoms with van der Waals surface area (Å²) in [6.45, 7) is 11.0. The van der Waals surface area contributed by atoms with Gasteiger partial charge in [-0.1, -0.05) is 77.6 Å². The Kier molecular flexibility index (Phi) is 20.7. The van der Waals surface area contributed by atoms with Crippen molar-refractivity contribution in [3.05, 3.63) is 0 Å². The highest BCUT2D eigenvalue weighted by molar-refractivity contribution is 4.72. The second-order valence-corrected chi connectivity index (χ2v) is 11.6. The van der Waals surface area contributed by atoms with Crippen LogP contribution >= 0.6 is 0 Å².